The third-order valence-corrected chi connectivity index (χ3v) is 2.42. The Bertz CT molecular complexity index is 273. The van der Waals surface area contributed by atoms with Gasteiger partial charge in [0.25, 0.3) is 0 Å². The molecule has 2 heteroatoms. The number of benzene rings is 1. The van der Waals surface area contributed by atoms with Crippen LogP contribution >= 0.6 is 0 Å². The summed E-state index contributed by atoms with van der Waals surface area (Å²) < 4.78 is 0. The molecule has 0 aliphatic heterocycles. The molecule has 0 spiro atoms. The van der Waals surface area contributed by atoms with Crippen molar-refractivity contribution in [2.24, 2.45) is 0 Å². The lowest BCUT2D eigenvalue weighted by atomic mass is 10.1. The predicted molar refractivity (Wildman–Crippen MR) is 59.2 cm³/mol. The van der Waals surface area contributed by atoms with Crippen LogP contribution in [-0.4, -0.2) is 30.2 Å². The van der Waals surface area contributed by atoms with Crippen LogP contribution in [0.4, 0.5) is 0 Å². The fourth-order valence-electron chi connectivity index (χ4n) is 1.60. The molecule has 1 rings (SSSR count). The number of aliphatic hydroxyl groups excluding tert-OH is 1. The van der Waals surface area contributed by atoms with Crippen LogP contribution in [0.3, 0.4) is 0 Å². The first-order chi connectivity index (χ1) is 6.77. The van der Waals surface area contributed by atoms with Gasteiger partial charge in [-0.2, -0.15) is 0 Å². The highest BCUT2D eigenvalue weighted by Crippen LogP contribution is 2.11. The number of aryl methyl sites for hydroxylation is 1. The Morgan fingerprint density at radius 3 is 2.43 bits per heavy atom. The van der Waals surface area contributed by atoms with Crippen LogP contribution in [0, 0.1) is 0 Å². The second-order valence-corrected chi connectivity index (χ2v) is 3.58. The van der Waals surface area contributed by atoms with Crippen LogP contribution in [0.2, 0.25) is 0 Å². The second kappa shape index (κ2) is 5.78. The molecule has 0 saturated heterocycles. The van der Waals surface area contributed by atoms with Gasteiger partial charge in [0.15, 0.2) is 0 Å². The Morgan fingerprint density at radius 2 is 1.86 bits per heavy atom. The van der Waals surface area contributed by atoms with E-state index in [1.165, 1.54) is 11.1 Å². The monoisotopic (exact) mass is 193 g/mol. The van der Waals surface area contributed by atoms with Crippen molar-refractivity contribution >= 4 is 0 Å². The molecule has 0 aliphatic rings. The highest BCUT2D eigenvalue weighted by Gasteiger charge is 2.02. The molecular weight excluding hydrogens is 174 g/mol. The smallest absolute Gasteiger partial charge is 0.0558 e. The third kappa shape index (κ3) is 3.13. The quantitative estimate of drug-likeness (QED) is 0.769. The van der Waals surface area contributed by atoms with E-state index in [4.69, 9.17) is 5.11 Å². The Morgan fingerprint density at radius 1 is 1.21 bits per heavy atom. The van der Waals surface area contributed by atoms with Gasteiger partial charge in [0, 0.05) is 13.1 Å². The summed E-state index contributed by atoms with van der Waals surface area (Å²) in [6.07, 6.45) is 1.07. The number of hydrogen-bond donors (Lipinski definition) is 1. The average Bonchev–Trinajstić information content (AvgIpc) is 2.19. The molecule has 78 valence electrons. The molecule has 0 amide bonds. The van der Waals surface area contributed by atoms with E-state index in [0.29, 0.717) is 0 Å². The molecule has 0 radical (unpaired) electrons. The van der Waals surface area contributed by atoms with Gasteiger partial charge in [0.05, 0.1) is 6.61 Å². The molecule has 0 atom stereocenters. The molecule has 0 heterocycles. The zero-order valence-corrected chi connectivity index (χ0v) is 9.03. The minimum Gasteiger partial charge on any atom is -0.395 e. The summed E-state index contributed by atoms with van der Waals surface area (Å²) in [5.41, 5.74) is 2.77. The minimum absolute atomic E-state index is 0.227. The Kier molecular flexibility index (Phi) is 4.63. The van der Waals surface area contributed by atoms with Crippen molar-refractivity contribution in [3.8, 4) is 0 Å². The molecule has 1 aromatic carbocycles. The van der Waals surface area contributed by atoms with Crippen molar-refractivity contribution in [1.82, 2.24) is 4.90 Å². The summed E-state index contributed by atoms with van der Waals surface area (Å²) in [5.74, 6) is 0. The number of hydrogen-bond acceptors (Lipinski definition) is 2. The van der Waals surface area contributed by atoms with E-state index in [1.807, 2.05) is 7.05 Å². The van der Waals surface area contributed by atoms with Gasteiger partial charge >= 0.3 is 0 Å². The van der Waals surface area contributed by atoms with Crippen molar-refractivity contribution in [3.05, 3.63) is 35.4 Å². The fourth-order valence-corrected chi connectivity index (χ4v) is 1.60. The molecule has 0 bridgehead atoms. The van der Waals surface area contributed by atoms with Crippen molar-refractivity contribution in [3.63, 3.8) is 0 Å². The number of rotatable bonds is 5. The van der Waals surface area contributed by atoms with E-state index in [0.717, 1.165) is 19.5 Å². The van der Waals surface area contributed by atoms with Crippen molar-refractivity contribution in [2.45, 2.75) is 19.9 Å². The molecule has 0 fully saturated rings. The highest BCUT2D eigenvalue weighted by molar-refractivity contribution is 5.26. The topological polar surface area (TPSA) is 23.5 Å². The van der Waals surface area contributed by atoms with E-state index in [9.17, 15) is 0 Å². The Hall–Kier alpha value is -0.860. The second-order valence-electron chi connectivity index (χ2n) is 3.58. The van der Waals surface area contributed by atoms with Gasteiger partial charge in [0.1, 0.15) is 0 Å². The third-order valence-electron chi connectivity index (χ3n) is 2.42. The maximum atomic E-state index is 8.80. The lowest BCUT2D eigenvalue weighted by Gasteiger charge is -2.17. The maximum absolute atomic E-state index is 8.80. The van der Waals surface area contributed by atoms with Gasteiger partial charge in [-0.15, -0.1) is 0 Å². The van der Waals surface area contributed by atoms with Crippen molar-refractivity contribution in [1.29, 1.82) is 0 Å². The summed E-state index contributed by atoms with van der Waals surface area (Å²) in [6.45, 7) is 4.05. The standard InChI is InChI=1S/C12H19NO/c1-3-11-6-4-5-7-12(11)10-13(2)8-9-14/h4-7,14H,3,8-10H2,1-2H3. The predicted octanol–water partition coefficient (Wildman–Crippen LogP) is 1.67. The zero-order valence-electron chi connectivity index (χ0n) is 9.03. The first-order valence-electron chi connectivity index (χ1n) is 5.14. The summed E-state index contributed by atoms with van der Waals surface area (Å²) in [6, 6.07) is 8.48. The summed E-state index contributed by atoms with van der Waals surface area (Å²) in [5, 5.41) is 8.80. The molecule has 0 aliphatic carbocycles. The van der Waals surface area contributed by atoms with Gasteiger partial charge in [-0.1, -0.05) is 31.2 Å². The summed E-state index contributed by atoms with van der Waals surface area (Å²) in [4.78, 5) is 2.13. The SMILES string of the molecule is CCc1ccccc1CN(C)CCO. The van der Waals surface area contributed by atoms with Crippen LogP contribution in [0.5, 0.6) is 0 Å². The van der Waals surface area contributed by atoms with Gasteiger partial charge < -0.3 is 5.11 Å². The number of nitrogens with zero attached hydrogens (tertiary/aromatic N) is 1. The minimum atomic E-state index is 0.227. The molecule has 2 nitrogen and oxygen atoms in total. The van der Waals surface area contributed by atoms with E-state index in [2.05, 4.69) is 36.1 Å². The molecule has 0 unspecified atom stereocenters. The molecule has 0 aromatic heterocycles. The molecule has 0 saturated carbocycles. The largest absolute Gasteiger partial charge is 0.395 e. The summed E-state index contributed by atoms with van der Waals surface area (Å²) in [7, 11) is 2.03. The first kappa shape index (κ1) is 11.2. The number of likely N-dealkylation sites (N-methyl/N-ethyl adjacent to an activating group) is 1. The van der Waals surface area contributed by atoms with Crippen LogP contribution in [0.25, 0.3) is 0 Å². The van der Waals surface area contributed by atoms with Gasteiger partial charge in [-0.3, -0.25) is 4.90 Å². The fraction of sp³-hybridized carbons (Fsp3) is 0.500. The van der Waals surface area contributed by atoms with Gasteiger partial charge in [0.2, 0.25) is 0 Å². The van der Waals surface area contributed by atoms with E-state index in [1.54, 1.807) is 0 Å². The van der Waals surface area contributed by atoms with E-state index >= 15 is 0 Å². The zero-order chi connectivity index (χ0) is 10.4. The molecule has 14 heavy (non-hydrogen) atoms. The van der Waals surface area contributed by atoms with Gasteiger partial charge in [-0.25, -0.2) is 0 Å². The van der Waals surface area contributed by atoms with E-state index < -0.39 is 0 Å². The van der Waals surface area contributed by atoms with E-state index in [-0.39, 0.29) is 6.61 Å². The van der Waals surface area contributed by atoms with Gasteiger partial charge in [-0.05, 0) is 24.6 Å². The van der Waals surface area contributed by atoms with Crippen LogP contribution in [0.1, 0.15) is 18.1 Å². The van der Waals surface area contributed by atoms with Crippen LogP contribution in [-0.2, 0) is 13.0 Å². The lowest BCUT2D eigenvalue weighted by molar-refractivity contribution is 0.217. The molecule has 1 aromatic rings. The normalized spacial score (nSPS) is 10.9. The maximum Gasteiger partial charge on any atom is 0.0558 e. The Labute approximate surface area is 86.2 Å². The first-order valence-corrected chi connectivity index (χ1v) is 5.14. The molecule has 1 N–H and O–H groups in total. The number of aliphatic hydroxyl groups is 1. The highest BCUT2D eigenvalue weighted by atomic mass is 16.3. The molecular formula is C12H19NO. The van der Waals surface area contributed by atoms with Crippen molar-refractivity contribution < 1.29 is 5.11 Å². The van der Waals surface area contributed by atoms with Crippen LogP contribution in [0.15, 0.2) is 24.3 Å². The summed E-state index contributed by atoms with van der Waals surface area (Å²) >= 11 is 0. The average molecular weight is 193 g/mol. The lowest BCUT2D eigenvalue weighted by Crippen LogP contribution is -2.22. The van der Waals surface area contributed by atoms with Crippen LogP contribution < -0.4 is 0 Å². The Balaban J connectivity index is 2.65. The van der Waals surface area contributed by atoms with Crippen molar-refractivity contribution in [2.75, 3.05) is 20.2 Å².